The molecule has 1 radical (unpaired) electrons. The topological polar surface area (TPSA) is 17.1 Å². The molecule has 0 saturated heterocycles. The molecule has 0 aliphatic rings. The molecule has 1 heterocycles. The van der Waals surface area contributed by atoms with E-state index in [2.05, 4.69) is 0 Å². The van der Waals surface area contributed by atoms with E-state index >= 15 is 0 Å². The summed E-state index contributed by atoms with van der Waals surface area (Å²) >= 11 is 1.58. The molecular formula is C6H5OS. The summed E-state index contributed by atoms with van der Waals surface area (Å²) in [5.41, 5.74) is 0. The van der Waals surface area contributed by atoms with Crippen LogP contribution >= 0.6 is 11.3 Å². The second kappa shape index (κ2) is 2.62. The monoisotopic (exact) mass is 125 g/mol. The summed E-state index contributed by atoms with van der Waals surface area (Å²) in [5, 5.41) is 1.95. The molecule has 1 rings (SSSR count). The highest BCUT2D eigenvalue weighted by Crippen LogP contribution is 2.06. The van der Waals surface area contributed by atoms with Crippen LogP contribution in [0.2, 0.25) is 0 Å². The number of hydrogen-bond acceptors (Lipinski definition) is 2. The minimum atomic E-state index is 0.442. The molecule has 0 saturated carbocycles. The van der Waals surface area contributed by atoms with Gasteiger partial charge in [-0.1, -0.05) is 6.07 Å². The van der Waals surface area contributed by atoms with Crippen molar-refractivity contribution < 1.29 is 4.79 Å². The molecule has 0 spiro atoms. The molecule has 0 aliphatic heterocycles. The van der Waals surface area contributed by atoms with Crippen molar-refractivity contribution in [2.24, 2.45) is 0 Å². The highest BCUT2D eigenvalue weighted by atomic mass is 32.1. The number of thiophene rings is 1. The zero-order valence-electron chi connectivity index (χ0n) is 4.26. The van der Waals surface area contributed by atoms with Crippen LogP contribution in [0.5, 0.6) is 0 Å². The van der Waals surface area contributed by atoms with Gasteiger partial charge in [-0.15, -0.1) is 11.3 Å². The Hall–Kier alpha value is -0.630. The van der Waals surface area contributed by atoms with E-state index in [0.29, 0.717) is 6.42 Å². The molecule has 1 nitrogen and oxygen atoms in total. The first kappa shape index (κ1) is 5.51. The molecule has 0 bridgehead atoms. The zero-order valence-corrected chi connectivity index (χ0v) is 5.07. The molecule has 0 amide bonds. The maximum atomic E-state index is 9.75. The van der Waals surface area contributed by atoms with Crippen molar-refractivity contribution in [3.63, 3.8) is 0 Å². The molecule has 8 heavy (non-hydrogen) atoms. The lowest BCUT2D eigenvalue weighted by Gasteiger charge is -1.77. The summed E-state index contributed by atoms with van der Waals surface area (Å²) in [6.45, 7) is 0. The average molecular weight is 125 g/mol. The lowest BCUT2D eigenvalue weighted by atomic mass is 10.4. The van der Waals surface area contributed by atoms with Crippen molar-refractivity contribution in [2.45, 2.75) is 6.42 Å². The van der Waals surface area contributed by atoms with Gasteiger partial charge in [-0.2, -0.15) is 0 Å². The van der Waals surface area contributed by atoms with Gasteiger partial charge >= 0.3 is 0 Å². The molecule has 2 heteroatoms. The van der Waals surface area contributed by atoms with Gasteiger partial charge < -0.3 is 0 Å². The molecule has 0 atom stereocenters. The van der Waals surface area contributed by atoms with E-state index in [1.165, 1.54) is 0 Å². The molecule has 0 unspecified atom stereocenters. The summed E-state index contributed by atoms with van der Waals surface area (Å²) in [4.78, 5) is 10.8. The molecule has 0 aromatic carbocycles. The SMILES string of the molecule is O=[C]Cc1cccs1. The Morgan fingerprint density at radius 3 is 3.12 bits per heavy atom. The van der Waals surface area contributed by atoms with Crippen LogP contribution in [0.15, 0.2) is 17.5 Å². The zero-order chi connectivity index (χ0) is 5.82. The number of rotatable bonds is 2. The van der Waals surface area contributed by atoms with Gasteiger partial charge in [0.2, 0.25) is 6.29 Å². The fourth-order valence-electron chi connectivity index (χ4n) is 0.484. The van der Waals surface area contributed by atoms with Crippen molar-refractivity contribution in [1.82, 2.24) is 0 Å². The van der Waals surface area contributed by atoms with Crippen LogP contribution in [-0.4, -0.2) is 6.29 Å². The molecule has 0 fully saturated rings. The summed E-state index contributed by atoms with van der Waals surface area (Å²) in [6.07, 6.45) is 2.27. The van der Waals surface area contributed by atoms with Gasteiger partial charge in [0.25, 0.3) is 0 Å². The first-order valence-corrected chi connectivity index (χ1v) is 3.19. The van der Waals surface area contributed by atoms with Gasteiger partial charge in [0.1, 0.15) is 0 Å². The van der Waals surface area contributed by atoms with Gasteiger partial charge in [0.15, 0.2) is 0 Å². The van der Waals surface area contributed by atoms with E-state index in [0.717, 1.165) is 4.88 Å². The van der Waals surface area contributed by atoms with Crippen LogP contribution < -0.4 is 0 Å². The Morgan fingerprint density at radius 1 is 1.75 bits per heavy atom. The van der Waals surface area contributed by atoms with Gasteiger partial charge in [-0.25, -0.2) is 0 Å². The second-order valence-electron chi connectivity index (χ2n) is 1.40. The van der Waals surface area contributed by atoms with Crippen LogP contribution in [0, 0.1) is 0 Å². The van der Waals surface area contributed by atoms with E-state index in [9.17, 15) is 4.79 Å². The van der Waals surface area contributed by atoms with E-state index in [4.69, 9.17) is 0 Å². The summed E-state index contributed by atoms with van der Waals surface area (Å²) in [5.74, 6) is 0. The Balaban J connectivity index is 2.62. The molecule has 1 aromatic heterocycles. The maximum absolute atomic E-state index is 9.75. The third kappa shape index (κ3) is 1.17. The standard InChI is InChI=1S/C6H5OS/c7-4-3-6-2-1-5-8-6/h1-2,5H,3H2. The number of carbonyl (C=O) groups excluding carboxylic acids is 1. The van der Waals surface area contributed by atoms with E-state index in [1.54, 1.807) is 11.3 Å². The van der Waals surface area contributed by atoms with Crippen molar-refractivity contribution in [1.29, 1.82) is 0 Å². The highest BCUT2D eigenvalue weighted by molar-refractivity contribution is 7.10. The van der Waals surface area contributed by atoms with Crippen LogP contribution in [0.3, 0.4) is 0 Å². The first-order valence-electron chi connectivity index (χ1n) is 2.31. The van der Waals surface area contributed by atoms with Gasteiger partial charge in [0.05, 0.1) is 0 Å². The first-order chi connectivity index (χ1) is 3.93. The predicted molar refractivity (Wildman–Crippen MR) is 33.7 cm³/mol. The van der Waals surface area contributed by atoms with Crippen LogP contribution in [0.4, 0.5) is 0 Å². The van der Waals surface area contributed by atoms with Crippen LogP contribution in [-0.2, 0) is 11.2 Å². The number of hydrogen-bond donors (Lipinski definition) is 0. The van der Waals surface area contributed by atoms with E-state index in [-0.39, 0.29) is 0 Å². The Morgan fingerprint density at radius 2 is 2.62 bits per heavy atom. The van der Waals surface area contributed by atoms with Crippen LogP contribution in [0.1, 0.15) is 4.88 Å². The van der Waals surface area contributed by atoms with Gasteiger partial charge in [0, 0.05) is 11.3 Å². The molecule has 0 N–H and O–H groups in total. The summed E-state index contributed by atoms with van der Waals surface area (Å²) in [6, 6.07) is 3.85. The third-order valence-electron chi connectivity index (χ3n) is 0.827. The summed E-state index contributed by atoms with van der Waals surface area (Å²) < 4.78 is 0. The second-order valence-corrected chi connectivity index (χ2v) is 2.43. The van der Waals surface area contributed by atoms with Crippen molar-refractivity contribution in [3.05, 3.63) is 22.4 Å². The lowest BCUT2D eigenvalue weighted by Crippen LogP contribution is -1.75. The lowest BCUT2D eigenvalue weighted by molar-refractivity contribution is 0.555. The molecule has 1 aromatic rings. The van der Waals surface area contributed by atoms with Crippen molar-refractivity contribution in [2.75, 3.05) is 0 Å². The Labute approximate surface area is 52.0 Å². The Bertz CT molecular complexity index is 155. The third-order valence-corrected chi connectivity index (χ3v) is 1.70. The Kier molecular flexibility index (Phi) is 1.80. The highest BCUT2D eigenvalue weighted by Gasteiger charge is 1.88. The van der Waals surface area contributed by atoms with E-state index < -0.39 is 0 Å². The maximum Gasteiger partial charge on any atom is 0.203 e. The fourth-order valence-corrected chi connectivity index (χ4v) is 1.12. The van der Waals surface area contributed by atoms with Crippen molar-refractivity contribution >= 4 is 17.6 Å². The van der Waals surface area contributed by atoms with Gasteiger partial charge in [-0.05, 0) is 11.4 Å². The minimum Gasteiger partial charge on any atom is -0.290 e. The molecule has 0 aliphatic carbocycles. The largest absolute Gasteiger partial charge is 0.290 e. The van der Waals surface area contributed by atoms with Crippen LogP contribution in [0.25, 0.3) is 0 Å². The minimum absolute atomic E-state index is 0.442. The average Bonchev–Trinajstić information content (AvgIpc) is 2.19. The van der Waals surface area contributed by atoms with E-state index in [1.807, 2.05) is 23.8 Å². The normalized spacial score (nSPS) is 9.00. The van der Waals surface area contributed by atoms with Gasteiger partial charge in [-0.3, -0.25) is 4.79 Å². The predicted octanol–water partition coefficient (Wildman–Crippen LogP) is 1.40. The molecule has 41 valence electrons. The fraction of sp³-hybridized carbons (Fsp3) is 0.167. The van der Waals surface area contributed by atoms with Crippen molar-refractivity contribution in [3.8, 4) is 0 Å². The molecular weight excluding hydrogens is 120 g/mol. The smallest absolute Gasteiger partial charge is 0.203 e. The summed E-state index contributed by atoms with van der Waals surface area (Å²) in [7, 11) is 0. The quantitative estimate of drug-likeness (QED) is 0.584.